The van der Waals surface area contributed by atoms with Crippen LogP contribution in [0.2, 0.25) is 0 Å². The molecule has 4 rings (SSSR count). The maximum absolute atomic E-state index is 14.9. The van der Waals surface area contributed by atoms with E-state index in [1.165, 1.54) is 24.3 Å². The zero-order valence-electron chi connectivity index (χ0n) is 16.6. The summed E-state index contributed by atoms with van der Waals surface area (Å²) < 4.78 is 34.7. The SMILES string of the molecule is CCOc1ccc(-c2ccc(-c3cc(C=O)c4cc(C)ccc4n3)cc2F)c(F)c1. The van der Waals surface area contributed by atoms with Crippen molar-refractivity contribution in [2.24, 2.45) is 0 Å². The summed E-state index contributed by atoms with van der Waals surface area (Å²) in [5, 5.41) is 0.752. The summed E-state index contributed by atoms with van der Waals surface area (Å²) in [5.41, 5.74) is 3.44. The average molecular weight is 403 g/mol. The summed E-state index contributed by atoms with van der Waals surface area (Å²) in [6.45, 7) is 4.17. The van der Waals surface area contributed by atoms with E-state index >= 15 is 0 Å². The highest BCUT2D eigenvalue weighted by atomic mass is 19.1. The van der Waals surface area contributed by atoms with Gasteiger partial charge in [-0.15, -0.1) is 0 Å². The van der Waals surface area contributed by atoms with Gasteiger partial charge in [0.05, 0.1) is 17.8 Å². The first kappa shape index (κ1) is 19.7. The number of aryl methyl sites for hydroxylation is 1. The molecule has 0 radical (unpaired) electrons. The molecule has 3 nitrogen and oxygen atoms in total. The van der Waals surface area contributed by atoms with E-state index in [0.717, 1.165) is 17.2 Å². The van der Waals surface area contributed by atoms with Crippen LogP contribution in [-0.2, 0) is 0 Å². The molecule has 0 spiro atoms. The number of aldehydes is 1. The number of nitrogens with zero attached hydrogens (tertiary/aromatic N) is 1. The molecule has 1 heterocycles. The Labute approximate surface area is 173 Å². The van der Waals surface area contributed by atoms with Crippen LogP contribution < -0.4 is 4.74 Å². The van der Waals surface area contributed by atoms with E-state index in [1.54, 1.807) is 18.2 Å². The first-order valence-electron chi connectivity index (χ1n) is 9.59. The Morgan fingerprint density at radius 3 is 2.33 bits per heavy atom. The molecule has 0 saturated carbocycles. The number of carbonyl (C=O) groups excluding carboxylic acids is 1. The van der Waals surface area contributed by atoms with E-state index in [2.05, 4.69) is 4.98 Å². The lowest BCUT2D eigenvalue weighted by Gasteiger charge is -2.11. The fourth-order valence-corrected chi connectivity index (χ4v) is 3.47. The zero-order chi connectivity index (χ0) is 21.3. The number of rotatable bonds is 5. The molecule has 0 aliphatic carbocycles. The third-order valence-electron chi connectivity index (χ3n) is 4.93. The Morgan fingerprint density at radius 2 is 1.67 bits per heavy atom. The zero-order valence-corrected chi connectivity index (χ0v) is 16.6. The van der Waals surface area contributed by atoms with Gasteiger partial charge in [0.15, 0.2) is 6.29 Å². The summed E-state index contributed by atoms with van der Waals surface area (Å²) in [6.07, 6.45) is 0.771. The number of carbonyl (C=O) groups is 1. The number of hydrogen-bond acceptors (Lipinski definition) is 3. The van der Waals surface area contributed by atoms with Gasteiger partial charge in [-0.2, -0.15) is 0 Å². The van der Waals surface area contributed by atoms with E-state index < -0.39 is 11.6 Å². The highest BCUT2D eigenvalue weighted by molar-refractivity contribution is 5.98. The molecule has 0 aliphatic rings. The molecule has 0 saturated heterocycles. The minimum absolute atomic E-state index is 0.145. The van der Waals surface area contributed by atoms with Crippen molar-refractivity contribution < 1.29 is 18.3 Å². The lowest BCUT2D eigenvalue weighted by atomic mass is 9.99. The van der Waals surface area contributed by atoms with Gasteiger partial charge in [0, 0.05) is 33.7 Å². The third-order valence-corrected chi connectivity index (χ3v) is 4.93. The van der Waals surface area contributed by atoms with Gasteiger partial charge in [-0.3, -0.25) is 4.79 Å². The molecule has 30 heavy (non-hydrogen) atoms. The molecule has 0 unspecified atom stereocenters. The summed E-state index contributed by atoms with van der Waals surface area (Å²) in [6, 6.07) is 16.1. The fourth-order valence-electron chi connectivity index (χ4n) is 3.47. The Hall–Kier alpha value is -3.60. The number of benzene rings is 3. The van der Waals surface area contributed by atoms with E-state index in [1.807, 2.05) is 32.0 Å². The van der Waals surface area contributed by atoms with Crippen molar-refractivity contribution in [2.45, 2.75) is 13.8 Å². The minimum atomic E-state index is -0.575. The van der Waals surface area contributed by atoms with Crippen LogP contribution in [0, 0.1) is 18.6 Å². The van der Waals surface area contributed by atoms with E-state index in [0.29, 0.717) is 34.7 Å². The van der Waals surface area contributed by atoms with Crippen molar-refractivity contribution in [3.8, 4) is 28.1 Å². The molecule has 3 aromatic carbocycles. The molecule has 0 N–H and O–H groups in total. The van der Waals surface area contributed by atoms with Crippen LogP contribution in [0.25, 0.3) is 33.3 Å². The molecule has 1 aromatic heterocycles. The smallest absolute Gasteiger partial charge is 0.150 e. The molecule has 0 atom stereocenters. The number of fused-ring (bicyclic) bond motifs is 1. The quantitative estimate of drug-likeness (QED) is 0.364. The summed E-state index contributed by atoms with van der Waals surface area (Å²) in [4.78, 5) is 16.2. The Kier molecular flexibility index (Phi) is 5.27. The second kappa shape index (κ2) is 8.03. The summed E-state index contributed by atoms with van der Waals surface area (Å²) in [5.74, 6) is -0.739. The largest absolute Gasteiger partial charge is 0.494 e. The Morgan fingerprint density at radius 1 is 0.933 bits per heavy atom. The van der Waals surface area contributed by atoms with Crippen LogP contribution in [0.15, 0.2) is 60.7 Å². The van der Waals surface area contributed by atoms with Gasteiger partial charge in [0.1, 0.15) is 17.4 Å². The van der Waals surface area contributed by atoms with Crippen LogP contribution in [-0.4, -0.2) is 17.9 Å². The maximum atomic E-state index is 14.9. The standard InChI is InChI=1S/C25H19F2NO2/c1-3-30-18-6-8-20(23(27)13-18)19-7-5-16(11-22(19)26)25-12-17(14-29)21-10-15(2)4-9-24(21)28-25/h4-14H,3H2,1-2H3. The number of ether oxygens (including phenoxy) is 1. The fraction of sp³-hybridized carbons (Fsp3) is 0.120. The van der Waals surface area contributed by atoms with Crippen molar-refractivity contribution in [2.75, 3.05) is 6.61 Å². The number of pyridine rings is 1. The lowest BCUT2D eigenvalue weighted by Crippen LogP contribution is -1.95. The number of halogens is 2. The van der Waals surface area contributed by atoms with Crippen molar-refractivity contribution in [3.63, 3.8) is 0 Å². The second-order valence-corrected chi connectivity index (χ2v) is 7.00. The number of hydrogen-bond donors (Lipinski definition) is 0. The second-order valence-electron chi connectivity index (χ2n) is 7.00. The molecule has 0 fully saturated rings. The Balaban J connectivity index is 1.77. The van der Waals surface area contributed by atoms with Gasteiger partial charge in [0.25, 0.3) is 0 Å². The first-order valence-corrected chi connectivity index (χ1v) is 9.59. The van der Waals surface area contributed by atoms with E-state index in [4.69, 9.17) is 4.74 Å². The molecule has 4 aromatic rings. The minimum Gasteiger partial charge on any atom is -0.494 e. The molecular formula is C25H19F2NO2. The average Bonchev–Trinajstić information content (AvgIpc) is 2.74. The van der Waals surface area contributed by atoms with Gasteiger partial charge < -0.3 is 4.74 Å². The molecular weight excluding hydrogens is 384 g/mol. The van der Waals surface area contributed by atoms with Gasteiger partial charge in [-0.05, 0) is 50.2 Å². The monoisotopic (exact) mass is 403 g/mol. The first-order chi connectivity index (χ1) is 14.5. The lowest BCUT2D eigenvalue weighted by molar-refractivity contribution is 0.112. The van der Waals surface area contributed by atoms with E-state index in [9.17, 15) is 13.6 Å². The summed E-state index contributed by atoms with van der Waals surface area (Å²) >= 11 is 0. The summed E-state index contributed by atoms with van der Waals surface area (Å²) in [7, 11) is 0. The van der Waals surface area contributed by atoms with Crippen LogP contribution in [0.5, 0.6) is 5.75 Å². The predicted octanol–water partition coefficient (Wildman–Crippen LogP) is 6.37. The Bertz CT molecular complexity index is 1270. The van der Waals surface area contributed by atoms with Gasteiger partial charge in [-0.25, -0.2) is 13.8 Å². The van der Waals surface area contributed by atoms with E-state index in [-0.39, 0.29) is 11.1 Å². The van der Waals surface area contributed by atoms with Gasteiger partial charge in [0.2, 0.25) is 0 Å². The molecule has 5 heteroatoms. The topological polar surface area (TPSA) is 39.2 Å². The van der Waals surface area contributed by atoms with Crippen molar-refractivity contribution in [1.82, 2.24) is 4.98 Å². The normalized spacial score (nSPS) is 10.9. The highest BCUT2D eigenvalue weighted by Crippen LogP contribution is 2.32. The third kappa shape index (κ3) is 3.66. The van der Waals surface area contributed by atoms with Crippen LogP contribution in [0.3, 0.4) is 0 Å². The van der Waals surface area contributed by atoms with Crippen molar-refractivity contribution >= 4 is 17.2 Å². The van der Waals surface area contributed by atoms with Crippen LogP contribution in [0.1, 0.15) is 22.8 Å². The van der Waals surface area contributed by atoms with Crippen LogP contribution in [0.4, 0.5) is 8.78 Å². The van der Waals surface area contributed by atoms with Crippen molar-refractivity contribution in [3.05, 3.63) is 83.4 Å². The molecule has 150 valence electrons. The van der Waals surface area contributed by atoms with Gasteiger partial charge in [-0.1, -0.05) is 23.8 Å². The highest BCUT2D eigenvalue weighted by Gasteiger charge is 2.14. The van der Waals surface area contributed by atoms with Crippen LogP contribution >= 0.6 is 0 Å². The number of aromatic nitrogens is 1. The van der Waals surface area contributed by atoms with Crippen molar-refractivity contribution in [1.29, 1.82) is 0 Å². The molecule has 0 aliphatic heterocycles. The van der Waals surface area contributed by atoms with Gasteiger partial charge >= 0.3 is 0 Å². The molecule has 0 bridgehead atoms. The predicted molar refractivity (Wildman–Crippen MR) is 114 cm³/mol. The molecule has 0 amide bonds. The maximum Gasteiger partial charge on any atom is 0.150 e.